The van der Waals surface area contributed by atoms with Crippen molar-refractivity contribution in [3.8, 4) is 0 Å². The fourth-order valence-electron chi connectivity index (χ4n) is 4.15. The number of carbonyl (C=O) groups is 2. The van der Waals surface area contributed by atoms with Crippen molar-refractivity contribution in [2.45, 2.75) is 19.8 Å². The Labute approximate surface area is 147 Å². The van der Waals surface area contributed by atoms with Gasteiger partial charge in [0.1, 0.15) is 5.69 Å². The van der Waals surface area contributed by atoms with Gasteiger partial charge in [0.25, 0.3) is 5.91 Å². The third-order valence-corrected chi connectivity index (χ3v) is 5.52. The third kappa shape index (κ3) is 2.73. The SMILES string of the molecule is Cc1cccc(N2C[C@]3(CCN(C(=O)c4cccn4C)C3)CC2=O)c1. The van der Waals surface area contributed by atoms with Crippen LogP contribution in [-0.2, 0) is 11.8 Å². The van der Waals surface area contributed by atoms with Gasteiger partial charge in [0.15, 0.2) is 0 Å². The predicted molar refractivity (Wildman–Crippen MR) is 96.5 cm³/mol. The number of rotatable bonds is 2. The fourth-order valence-corrected chi connectivity index (χ4v) is 4.15. The van der Waals surface area contributed by atoms with E-state index >= 15 is 0 Å². The first-order chi connectivity index (χ1) is 12.0. The van der Waals surface area contributed by atoms with Gasteiger partial charge in [0, 0.05) is 50.4 Å². The van der Waals surface area contributed by atoms with E-state index in [1.165, 1.54) is 0 Å². The summed E-state index contributed by atoms with van der Waals surface area (Å²) < 4.78 is 1.85. The van der Waals surface area contributed by atoms with Gasteiger partial charge in [-0.2, -0.15) is 0 Å². The maximum atomic E-state index is 12.8. The molecule has 1 atom stereocenters. The van der Waals surface area contributed by atoms with Crippen LogP contribution in [0.25, 0.3) is 0 Å². The Hall–Kier alpha value is -2.56. The number of benzene rings is 1. The molecule has 3 heterocycles. The van der Waals surface area contributed by atoms with Crippen LogP contribution in [-0.4, -0.2) is 40.9 Å². The molecule has 1 aromatic heterocycles. The van der Waals surface area contributed by atoms with Gasteiger partial charge in [-0.15, -0.1) is 0 Å². The van der Waals surface area contributed by atoms with Crippen molar-refractivity contribution in [3.05, 3.63) is 53.9 Å². The molecule has 0 saturated carbocycles. The van der Waals surface area contributed by atoms with Crippen LogP contribution < -0.4 is 4.90 Å². The molecule has 0 unspecified atom stereocenters. The minimum absolute atomic E-state index is 0.0610. The van der Waals surface area contributed by atoms with E-state index < -0.39 is 0 Å². The molecule has 1 spiro atoms. The van der Waals surface area contributed by atoms with E-state index in [1.54, 1.807) is 0 Å². The lowest BCUT2D eigenvalue weighted by Gasteiger charge is -2.24. The van der Waals surface area contributed by atoms with Crippen molar-refractivity contribution < 1.29 is 9.59 Å². The van der Waals surface area contributed by atoms with Crippen LogP contribution in [0.2, 0.25) is 0 Å². The molecular weight excluding hydrogens is 314 g/mol. The van der Waals surface area contributed by atoms with Crippen molar-refractivity contribution in [3.63, 3.8) is 0 Å². The van der Waals surface area contributed by atoms with Crippen molar-refractivity contribution >= 4 is 17.5 Å². The van der Waals surface area contributed by atoms with Crippen molar-refractivity contribution in [1.29, 1.82) is 0 Å². The van der Waals surface area contributed by atoms with Crippen LogP contribution in [0, 0.1) is 12.3 Å². The highest BCUT2D eigenvalue weighted by molar-refractivity contribution is 5.97. The Morgan fingerprint density at radius 1 is 1.16 bits per heavy atom. The predicted octanol–water partition coefficient (Wildman–Crippen LogP) is 2.60. The van der Waals surface area contributed by atoms with Gasteiger partial charge in [0.2, 0.25) is 5.91 Å². The zero-order chi connectivity index (χ0) is 17.6. The molecule has 5 heteroatoms. The molecule has 0 radical (unpaired) electrons. The monoisotopic (exact) mass is 337 g/mol. The molecule has 0 bridgehead atoms. The standard InChI is InChI=1S/C20H23N3O2/c1-15-5-3-6-16(11-15)23-14-20(12-18(23)24)8-10-22(13-20)19(25)17-7-4-9-21(17)2/h3-7,9,11H,8,10,12-14H2,1-2H3/t20-/m1/s1. The number of nitrogens with zero attached hydrogens (tertiary/aromatic N) is 3. The zero-order valence-electron chi connectivity index (χ0n) is 14.7. The Morgan fingerprint density at radius 3 is 2.72 bits per heavy atom. The number of hydrogen-bond donors (Lipinski definition) is 0. The van der Waals surface area contributed by atoms with Crippen LogP contribution >= 0.6 is 0 Å². The average molecular weight is 337 g/mol. The highest BCUT2D eigenvalue weighted by atomic mass is 16.2. The lowest BCUT2D eigenvalue weighted by molar-refractivity contribution is -0.117. The molecule has 2 saturated heterocycles. The summed E-state index contributed by atoms with van der Waals surface area (Å²) in [4.78, 5) is 29.2. The average Bonchev–Trinajstić information content (AvgIpc) is 3.27. The summed E-state index contributed by atoms with van der Waals surface area (Å²) in [6, 6.07) is 11.8. The lowest BCUT2D eigenvalue weighted by atomic mass is 9.86. The number of amides is 2. The summed E-state index contributed by atoms with van der Waals surface area (Å²) in [5.41, 5.74) is 2.71. The molecule has 2 aromatic rings. The Kier molecular flexibility index (Phi) is 3.67. The summed E-state index contributed by atoms with van der Waals surface area (Å²) in [5.74, 6) is 0.226. The lowest BCUT2D eigenvalue weighted by Crippen LogP contribution is -2.34. The first-order valence-corrected chi connectivity index (χ1v) is 8.75. The van der Waals surface area contributed by atoms with Gasteiger partial charge in [-0.25, -0.2) is 0 Å². The van der Waals surface area contributed by atoms with Crippen LogP contribution in [0.1, 0.15) is 28.9 Å². The third-order valence-electron chi connectivity index (χ3n) is 5.52. The van der Waals surface area contributed by atoms with E-state index in [0.29, 0.717) is 25.2 Å². The Bertz CT molecular complexity index is 841. The van der Waals surface area contributed by atoms with Crippen molar-refractivity contribution in [1.82, 2.24) is 9.47 Å². The van der Waals surface area contributed by atoms with E-state index in [4.69, 9.17) is 0 Å². The van der Waals surface area contributed by atoms with Crippen LogP contribution in [0.5, 0.6) is 0 Å². The highest BCUT2D eigenvalue weighted by Crippen LogP contribution is 2.42. The molecular formula is C20H23N3O2. The molecule has 1 aromatic carbocycles. The maximum absolute atomic E-state index is 12.8. The van der Waals surface area contributed by atoms with Crippen molar-refractivity contribution in [2.75, 3.05) is 24.5 Å². The second-order valence-corrected chi connectivity index (χ2v) is 7.48. The van der Waals surface area contributed by atoms with E-state index in [1.807, 2.05) is 64.9 Å². The molecule has 2 amide bonds. The molecule has 25 heavy (non-hydrogen) atoms. The number of carbonyl (C=O) groups excluding carboxylic acids is 2. The van der Waals surface area contributed by atoms with E-state index in [-0.39, 0.29) is 17.2 Å². The summed E-state index contributed by atoms with van der Waals surface area (Å²) in [6.07, 6.45) is 3.30. The summed E-state index contributed by atoms with van der Waals surface area (Å²) in [7, 11) is 1.89. The van der Waals surface area contributed by atoms with Crippen LogP contribution in [0.15, 0.2) is 42.6 Å². The molecule has 0 aliphatic carbocycles. The normalized spacial score (nSPS) is 23.0. The first kappa shape index (κ1) is 15.9. The van der Waals surface area contributed by atoms with Gasteiger partial charge < -0.3 is 14.4 Å². The summed E-state index contributed by atoms with van der Waals surface area (Å²) in [6.45, 7) is 4.12. The van der Waals surface area contributed by atoms with Gasteiger partial charge in [0.05, 0.1) is 0 Å². The summed E-state index contributed by atoms with van der Waals surface area (Å²) in [5, 5.41) is 0. The van der Waals surface area contributed by atoms with E-state index in [0.717, 1.165) is 24.2 Å². The molecule has 2 aliphatic rings. The number of aromatic nitrogens is 1. The largest absolute Gasteiger partial charge is 0.347 e. The molecule has 0 N–H and O–H groups in total. The Balaban J connectivity index is 1.52. The fraction of sp³-hybridized carbons (Fsp3) is 0.400. The Morgan fingerprint density at radius 2 is 2.00 bits per heavy atom. The van der Waals surface area contributed by atoms with Gasteiger partial charge in [-0.1, -0.05) is 12.1 Å². The minimum atomic E-state index is -0.109. The number of likely N-dealkylation sites (tertiary alicyclic amines) is 1. The number of hydrogen-bond acceptors (Lipinski definition) is 2. The van der Waals surface area contributed by atoms with E-state index in [9.17, 15) is 9.59 Å². The second kappa shape index (κ2) is 5.76. The minimum Gasteiger partial charge on any atom is -0.347 e. The zero-order valence-corrected chi connectivity index (χ0v) is 14.7. The highest BCUT2D eigenvalue weighted by Gasteiger charge is 2.49. The molecule has 130 valence electrons. The number of aryl methyl sites for hydroxylation is 2. The van der Waals surface area contributed by atoms with E-state index in [2.05, 4.69) is 6.07 Å². The van der Waals surface area contributed by atoms with Crippen LogP contribution in [0.3, 0.4) is 0 Å². The smallest absolute Gasteiger partial charge is 0.270 e. The summed E-state index contributed by atoms with van der Waals surface area (Å²) >= 11 is 0. The second-order valence-electron chi connectivity index (χ2n) is 7.48. The van der Waals surface area contributed by atoms with Crippen molar-refractivity contribution in [2.24, 2.45) is 12.5 Å². The van der Waals surface area contributed by atoms with Gasteiger partial charge >= 0.3 is 0 Å². The molecule has 5 nitrogen and oxygen atoms in total. The molecule has 2 aliphatic heterocycles. The maximum Gasteiger partial charge on any atom is 0.270 e. The number of anilines is 1. The molecule has 4 rings (SSSR count). The quantitative estimate of drug-likeness (QED) is 0.846. The van der Waals surface area contributed by atoms with Crippen LogP contribution in [0.4, 0.5) is 5.69 Å². The molecule has 2 fully saturated rings. The first-order valence-electron chi connectivity index (χ1n) is 8.75. The van der Waals surface area contributed by atoms with Gasteiger partial charge in [-0.3, -0.25) is 9.59 Å². The van der Waals surface area contributed by atoms with Gasteiger partial charge in [-0.05, 0) is 43.2 Å². The topological polar surface area (TPSA) is 45.5 Å².